The van der Waals surface area contributed by atoms with Crippen molar-refractivity contribution in [2.24, 2.45) is 0 Å². The average Bonchev–Trinajstić information content (AvgIpc) is 3.47. The Morgan fingerprint density at radius 1 is 1.26 bits per heavy atom. The van der Waals surface area contributed by atoms with E-state index in [9.17, 15) is 4.79 Å². The Morgan fingerprint density at radius 2 is 2.16 bits per heavy atom. The summed E-state index contributed by atoms with van der Waals surface area (Å²) in [5, 5.41) is 24.4. The molecule has 0 spiro atoms. The van der Waals surface area contributed by atoms with Crippen molar-refractivity contribution in [3.63, 3.8) is 0 Å². The smallest absolute Gasteiger partial charge is 0.409 e. The molecule has 11 nitrogen and oxygen atoms in total. The Hall–Kier alpha value is -4.41. The molecule has 0 aliphatic rings. The number of hydrogen-bond donors (Lipinski definition) is 3. The Morgan fingerprint density at radius 3 is 2.94 bits per heavy atom. The lowest BCUT2D eigenvalue weighted by atomic mass is 10.2. The van der Waals surface area contributed by atoms with Gasteiger partial charge in [-0.15, -0.1) is 0 Å². The number of carboxylic acid groups (broad SMARTS) is 1. The van der Waals surface area contributed by atoms with Gasteiger partial charge in [0.2, 0.25) is 5.89 Å². The lowest BCUT2D eigenvalue weighted by Gasteiger charge is -2.09. The number of aromatic nitrogens is 6. The summed E-state index contributed by atoms with van der Waals surface area (Å²) in [6, 6.07) is 5.86. The van der Waals surface area contributed by atoms with Crippen LogP contribution in [0.5, 0.6) is 0 Å². The first-order valence-corrected chi connectivity index (χ1v) is 9.58. The van der Waals surface area contributed by atoms with E-state index in [-0.39, 0.29) is 0 Å². The van der Waals surface area contributed by atoms with Gasteiger partial charge < -0.3 is 14.8 Å². The van der Waals surface area contributed by atoms with Crippen LogP contribution < -0.4 is 10.6 Å². The highest BCUT2D eigenvalue weighted by Gasteiger charge is 2.16. The maximum atomic E-state index is 11.1. The summed E-state index contributed by atoms with van der Waals surface area (Å²) in [4.78, 5) is 19.6. The van der Waals surface area contributed by atoms with Gasteiger partial charge in [-0.25, -0.2) is 19.3 Å². The number of benzene rings is 1. The van der Waals surface area contributed by atoms with Crippen LogP contribution in [0.25, 0.3) is 16.4 Å². The van der Waals surface area contributed by atoms with Crippen LogP contribution in [0.1, 0.15) is 18.4 Å². The topological polar surface area (TPSA) is 135 Å². The van der Waals surface area contributed by atoms with Crippen LogP contribution in [0.15, 0.2) is 53.8 Å². The number of fused-ring (bicyclic) bond motifs is 2. The van der Waals surface area contributed by atoms with E-state index in [1.54, 1.807) is 23.1 Å². The van der Waals surface area contributed by atoms with Gasteiger partial charge in [-0.05, 0) is 24.6 Å². The highest BCUT2D eigenvalue weighted by Crippen LogP contribution is 2.30. The Balaban J connectivity index is 1.49. The molecule has 3 N–H and O–H groups in total. The van der Waals surface area contributed by atoms with Crippen molar-refractivity contribution in [2.75, 3.05) is 10.6 Å². The minimum absolute atomic E-state index is 0.444. The Bertz CT molecular complexity index is 1390. The van der Waals surface area contributed by atoms with Crippen LogP contribution in [0.2, 0.25) is 0 Å². The molecule has 0 saturated heterocycles. The minimum Gasteiger partial charge on any atom is -0.465 e. The molecule has 0 aliphatic heterocycles. The number of rotatable bonds is 6. The summed E-state index contributed by atoms with van der Waals surface area (Å²) in [6.07, 6.45) is 7.48. The molecule has 11 heteroatoms. The fourth-order valence-corrected chi connectivity index (χ4v) is 3.63. The van der Waals surface area contributed by atoms with Gasteiger partial charge in [-0.3, -0.25) is 10.00 Å². The van der Waals surface area contributed by atoms with Gasteiger partial charge in [0.15, 0.2) is 5.82 Å². The molecule has 4 aromatic heterocycles. The first kappa shape index (κ1) is 18.6. The summed E-state index contributed by atoms with van der Waals surface area (Å²) < 4.78 is 8.74. The molecule has 4 heterocycles. The fourth-order valence-electron chi connectivity index (χ4n) is 3.63. The van der Waals surface area contributed by atoms with Crippen LogP contribution in [0, 0.1) is 0 Å². The number of hydrogen-bond acceptors (Lipinski definition) is 7. The van der Waals surface area contributed by atoms with Gasteiger partial charge in [0, 0.05) is 16.6 Å². The van der Waals surface area contributed by atoms with Crippen LogP contribution in [0.3, 0.4) is 0 Å². The predicted molar refractivity (Wildman–Crippen MR) is 113 cm³/mol. The molecule has 5 aromatic rings. The molecule has 0 atom stereocenters. The molecule has 0 saturated carbocycles. The van der Waals surface area contributed by atoms with Crippen molar-refractivity contribution >= 4 is 39.7 Å². The van der Waals surface area contributed by atoms with Crippen molar-refractivity contribution in [3.05, 3.63) is 60.8 Å². The monoisotopic (exact) mass is 418 g/mol. The average molecular weight is 418 g/mol. The number of nitrogens with zero attached hydrogens (tertiary/aromatic N) is 6. The third-order valence-corrected chi connectivity index (χ3v) is 4.95. The number of anilines is 3. The van der Waals surface area contributed by atoms with Gasteiger partial charge in [-0.1, -0.05) is 6.92 Å². The predicted octanol–water partition coefficient (Wildman–Crippen LogP) is 3.51. The SMILES string of the molecule is CCc1c(NC(=O)O)cn2ncnc(Nc3ccc4c(cnn4Cc4ncco4)c3)c12. The lowest BCUT2D eigenvalue weighted by molar-refractivity contribution is 0.209. The maximum Gasteiger partial charge on any atom is 0.409 e. The third kappa shape index (κ3) is 3.41. The van der Waals surface area contributed by atoms with Crippen LogP contribution in [0.4, 0.5) is 22.0 Å². The van der Waals surface area contributed by atoms with Crippen LogP contribution >= 0.6 is 0 Å². The summed E-state index contributed by atoms with van der Waals surface area (Å²) in [7, 11) is 0. The van der Waals surface area contributed by atoms with Gasteiger partial charge in [0.1, 0.15) is 24.7 Å². The van der Waals surface area contributed by atoms with E-state index in [2.05, 4.69) is 30.8 Å². The van der Waals surface area contributed by atoms with E-state index in [0.29, 0.717) is 35.9 Å². The van der Waals surface area contributed by atoms with Crippen molar-refractivity contribution in [1.82, 2.24) is 29.4 Å². The quantitative estimate of drug-likeness (QED) is 0.381. The van der Waals surface area contributed by atoms with E-state index < -0.39 is 6.09 Å². The second-order valence-corrected chi connectivity index (χ2v) is 6.83. The summed E-state index contributed by atoms with van der Waals surface area (Å²) in [5.41, 5.74) is 3.78. The van der Waals surface area contributed by atoms with E-state index in [1.807, 2.05) is 29.8 Å². The number of carbonyl (C=O) groups is 1. The fraction of sp³-hybridized carbons (Fsp3) is 0.150. The van der Waals surface area contributed by atoms with Gasteiger partial charge >= 0.3 is 6.09 Å². The molecule has 1 amide bonds. The zero-order chi connectivity index (χ0) is 21.4. The van der Waals surface area contributed by atoms with E-state index >= 15 is 0 Å². The molecule has 0 fully saturated rings. The van der Waals surface area contributed by atoms with Crippen LogP contribution in [-0.4, -0.2) is 40.6 Å². The summed E-state index contributed by atoms with van der Waals surface area (Å²) in [5.74, 6) is 1.17. The molecule has 0 radical (unpaired) electrons. The lowest BCUT2D eigenvalue weighted by Crippen LogP contribution is -2.07. The number of oxazole rings is 1. The normalized spacial score (nSPS) is 11.3. The number of amides is 1. The highest BCUT2D eigenvalue weighted by molar-refractivity contribution is 5.90. The molecule has 1 aromatic carbocycles. The second-order valence-electron chi connectivity index (χ2n) is 6.83. The molecule has 0 bridgehead atoms. The zero-order valence-corrected chi connectivity index (χ0v) is 16.5. The van der Waals surface area contributed by atoms with E-state index in [0.717, 1.165) is 22.2 Å². The maximum absolute atomic E-state index is 11.1. The van der Waals surface area contributed by atoms with Gasteiger partial charge in [0.05, 0.1) is 29.8 Å². The van der Waals surface area contributed by atoms with Gasteiger partial charge in [-0.2, -0.15) is 10.2 Å². The number of nitrogens with one attached hydrogen (secondary N) is 2. The van der Waals surface area contributed by atoms with Crippen molar-refractivity contribution in [3.8, 4) is 0 Å². The molecule has 5 rings (SSSR count). The zero-order valence-electron chi connectivity index (χ0n) is 16.5. The van der Waals surface area contributed by atoms with Crippen molar-refractivity contribution in [2.45, 2.75) is 19.9 Å². The first-order chi connectivity index (χ1) is 15.1. The minimum atomic E-state index is -1.12. The molecule has 31 heavy (non-hydrogen) atoms. The third-order valence-electron chi connectivity index (χ3n) is 4.95. The molecule has 0 unspecified atom stereocenters. The molecule has 156 valence electrons. The van der Waals surface area contributed by atoms with E-state index in [1.165, 1.54) is 12.6 Å². The van der Waals surface area contributed by atoms with Crippen molar-refractivity contribution in [1.29, 1.82) is 0 Å². The standard InChI is InChI=1S/C20H18N8O3/c1-2-14-15(26-20(29)30)9-28-18(14)19(22-11-24-28)25-13-3-4-16-12(7-13)8-23-27(16)10-17-21-5-6-31-17/h3-9,11,26H,2,10H2,1H3,(H,29,30)(H,22,24,25). The van der Waals surface area contributed by atoms with Crippen LogP contribution in [-0.2, 0) is 13.0 Å². The number of aryl methyl sites for hydroxylation is 1. The molecular weight excluding hydrogens is 400 g/mol. The van der Waals surface area contributed by atoms with Crippen molar-refractivity contribution < 1.29 is 14.3 Å². The highest BCUT2D eigenvalue weighted by atomic mass is 16.4. The first-order valence-electron chi connectivity index (χ1n) is 9.58. The summed E-state index contributed by atoms with van der Waals surface area (Å²) >= 11 is 0. The molecular formula is C20H18N8O3. The largest absolute Gasteiger partial charge is 0.465 e. The van der Waals surface area contributed by atoms with Gasteiger partial charge in [0.25, 0.3) is 0 Å². The summed E-state index contributed by atoms with van der Waals surface area (Å²) in [6.45, 7) is 2.40. The molecule has 0 aliphatic carbocycles. The Labute approximate surface area is 175 Å². The second kappa shape index (κ2) is 7.44. The Kier molecular flexibility index (Phi) is 4.47. The van der Waals surface area contributed by atoms with E-state index in [4.69, 9.17) is 9.52 Å².